The van der Waals surface area contributed by atoms with Gasteiger partial charge in [-0.15, -0.1) is 0 Å². The van der Waals surface area contributed by atoms with E-state index in [-0.39, 0.29) is 0 Å². The van der Waals surface area contributed by atoms with Crippen molar-refractivity contribution in [3.63, 3.8) is 0 Å². The summed E-state index contributed by atoms with van der Waals surface area (Å²) < 4.78 is 5.49. The summed E-state index contributed by atoms with van der Waals surface area (Å²) in [5.41, 5.74) is 5.56. The Morgan fingerprint density at radius 2 is 2.07 bits per heavy atom. The Hall–Kier alpha value is -0.120. The van der Waals surface area contributed by atoms with Crippen LogP contribution < -0.4 is 5.73 Å². The van der Waals surface area contributed by atoms with Crippen LogP contribution in [0.25, 0.3) is 0 Å². The molecule has 0 amide bonds. The predicted octanol–water partition coefficient (Wildman–Crippen LogP) is 1.33. The van der Waals surface area contributed by atoms with E-state index in [2.05, 4.69) is 25.8 Å². The van der Waals surface area contributed by atoms with Gasteiger partial charge in [-0.05, 0) is 25.9 Å². The molecule has 0 rings (SSSR count). The smallest absolute Gasteiger partial charge is 0.0593 e. The maximum absolute atomic E-state index is 5.56. The fraction of sp³-hybridized carbons (Fsp3) is 1.00. The van der Waals surface area contributed by atoms with E-state index in [1.807, 2.05) is 0 Å². The molecular weight excluding hydrogens is 176 g/mol. The molecule has 14 heavy (non-hydrogen) atoms. The number of hydrogen-bond acceptors (Lipinski definition) is 3. The van der Waals surface area contributed by atoms with Gasteiger partial charge in [-0.1, -0.05) is 20.3 Å². The number of likely N-dealkylation sites (N-methyl/N-ethyl adjacent to an activating group) is 1. The first-order valence-corrected chi connectivity index (χ1v) is 5.67. The highest BCUT2D eigenvalue weighted by Crippen LogP contribution is 1.95. The molecule has 0 aromatic rings. The monoisotopic (exact) mass is 202 g/mol. The zero-order chi connectivity index (χ0) is 10.8. The second kappa shape index (κ2) is 9.44. The van der Waals surface area contributed by atoms with Crippen LogP contribution in [0, 0.1) is 5.92 Å². The van der Waals surface area contributed by atoms with Gasteiger partial charge in [0.15, 0.2) is 0 Å². The van der Waals surface area contributed by atoms with E-state index < -0.39 is 0 Å². The molecule has 0 fully saturated rings. The molecule has 0 radical (unpaired) electrons. The zero-order valence-electron chi connectivity index (χ0n) is 9.96. The molecule has 0 aromatic carbocycles. The minimum absolute atomic E-state index is 0.579. The molecule has 0 heterocycles. The van der Waals surface area contributed by atoms with Crippen LogP contribution in [-0.4, -0.2) is 44.8 Å². The van der Waals surface area contributed by atoms with Crippen molar-refractivity contribution in [3.8, 4) is 0 Å². The van der Waals surface area contributed by atoms with Gasteiger partial charge in [0.2, 0.25) is 0 Å². The van der Waals surface area contributed by atoms with Gasteiger partial charge in [-0.25, -0.2) is 0 Å². The summed E-state index contributed by atoms with van der Waals surface area (Å²) in [6.07, 6.45) is 2.38. The van der Waals surface area contributed by atoms with Crippen LogP contribution >= 0.6 is 0 Å². The fourth-order valence-electron chi connectivity index (χ4n) is 1.27. The Kier molecular flexibility index (Phi) is 9.35. The zero-order valence-corrected chi connectivity index (χ0v) is 9.96. The Morgan fingerprint density at radius 3 is 2.64 bits per heavy atom. The molecule has 0 aliphatic carbocycles. The molecule has 86 valence electrons. The average Bonchev–Trinajstić information content (AvgIpc) is 2.17. The van der Waals surface area contributed by atoms with E-state index in [0.717, 1.165) is 32.8 Å². The molecule has 3 heteroatoms. The SMILES string of the molecule is CCCCOCCN(C)CC(C)CN. The van der Waals surface area contributed by atoms with Gasteiger partial charge in [0, 0.05) is 19.7 Å². The van der Waals surface area contributed by atoms with Crippen molar-refractivity contribution >= 4 is 0 Å². The molecule has 2 N–H and O–H groups in total. The lowest BCUT2D eigenvalue weighted by Crippen LogP contribution is -2.31. The second-order valence-electron chi connectivity index (χ2n) is 4.07. The third-order valence-electron chi connectivity index (χ3n) is 2.29. The summed E-state index contributed by atoms with van der Waals surface area (Å²) in [4.78, 5) is 2.28. The van der Waals surface area contributed by atoms with Gasteiger partial charge in [0.1, 0.15) is 0 Å². The van der Waals surface area contributed by atoms with Gasteiger partial charge < -0.3 is 15.4 Å². The van der Waals surface area contributed by atoms with E-state index >= 15 is 0 Å². The van der Waals surface area contributed by atoms with E-state index in [9.17, 15) is 0 Å². The van der Waals surface area contributed by atoms with Crippen molar-refractivity contribution in [1.82, 2.24) is 4.90 Å². The summed E-state index contributed by atoms with van der Waals surface area (Å²) in [6, 6.07) is 0. The van der Waals surface area contributed by atoms with E-state index in [1.165, 1.54) is 12.8 Å². The first kappa shape index (κ1) is 13.9. The van der Waals surface area contributed by atoms with Crippen LogP contribution in [0.1, 0.15) is 26.7 Å². The Labute approximate surface area is 88.6 Å². The van der Waals surface area contributed by atoms with Crippen molar-refractivity contribution in [2.75, 3.05) is 39.9 Å². The lowest BCUT2D eigenvalue weighted by molar-refractivity contribution is 0.106. The van der Waals surface area contributed by atoms with Crippen LogP contribution in [0.3, 0.4) is 0 Å². The molecule has 1 unspecified atom stereocenters. The molecule has 0 aliphatic heterocycles. The largest absolute Gasteiger partial charge is 0.380 e. The highest BCUT2D eigenvalue weighted by molar-refractivity contribution is 4.58. The van der Waals surface area contributed by atoms with Crippen molar-refractivity contribution in [3.05, 3.63) is 0 Å². The van der Waals surface area contributed by atoms with Gasteiger partial charge in [0.25, 0.3) is 0 Å². The Bertz CT molecular complexity index is 120. The van der Waals surface area contributed by atoms with Crippen molar-refractivity contribution in [2.24, 2.45) is 11.7 Å². The second-order valence-corrected chi connectivity index (χ2v) is 4.07. The van der Waals surface area contributed by atoms with Gasteiger partial charge in [0.05, 0.1) is 6.61 Å². The van der Waals surface area contributed by atoms with Gasteiger partial charge in [-0.2, -0.15) is 0 Å². The summed E-state index contributed by atoms with van der Waals surface area (Å²) in [7, 11) is 2.12. The number of unbranched alkanes of at least 4 members (excludes halogenated alkanes) is 1. The summed E-state index contributed by atoms with van der Waals surface area (Å²) in [6.45, 7) is 8.93. The van der Waals surface area contributed by atoms with Crippen LogP contribution in [0.5, 0.6) is 0 Å². The number of nitrogens with zero attached hydrogens (tertiary/aromatic N) is 1. The van der Waals surface area contributed by atoms with Crippen LogP contribution in [0.4, 0.5) is 0 Å². The molecule has 0 bridgehead atoms. The topological polar surface area (TPSA) is 38.5 Å². The molecular formula is C11H26N2O. The number of ether oxygens (including phenoxy) is 1. The third-order valence-corrected chi connectivity index (χ3v) is 2.29. The van der Waals surface area contributed by atoms with Crippen molar-refractivity contribution < 1.29 is 4.74 Å². The summed E-state index contributed by atoms with van der Waals surface area (Å²) in [5, 5.41) is 0. The summed E-state index contributed by atoms with van der Waals surface area (Å²) >= 11 is 0. The standard InChI is InChI=1S/C11H26N2O/c1-4-5-7-14-8-6-13(3)10-11(2)9-12/h11H,4-10,12H2,1-3H3. The first-order chi connectivity index (χ1) is 6.70. The van der Waals surface area contributed by atoms with E-state index in [1.54, 1.807) is 0 Å². The highest BCUT2D eigenvalue weighted by Gasteiger charge is 2.03. The molecule has 0 aliphatic rings. The van der Waals surface area contributed by atoms with Crippen molar-refractivity contribution in [2.45, 2.75) is 26.7 Å². The normalized spacial score (nSPS) is 13.5. The maximum Gasteiger partial charge on any atom is 0.0593 e. The third kappa shape index (κ3) is 8.48. The van der Waals surface area contributed by atoms with Crippen molar-refractivity contribution in [1.29, 1.82) is 0 Å². The number of nitrogens with two attached hydrogens (primary N) is 1. The molecule has 1 atom stereocenters. The first-order valence-electron chi connectivity index (χ1n) is 5.67. The quantitative estimate of drug-likeness (QED) is 0.573. The van der Waals surface area contributed by atoms with Gasteiger partial charge in [-0.3, -0.25) is 0 Å². The molecule has 0 saturated carbocycles. The summed E-state index contributed by atoms with van der Waals surface area (Å²) in [5.74, 6) is 0.579. The Morgan fingerprint density at radius 1 is 1.36 bits per heavy atom. The molecule has 0 spiro atoms. The number of rotatable bonds is 9. The van der Waals surface area contributed by atoms with Crippen LogP contribution in [-0.2, 0) is 4.74 Å². The average molecular weight is 202 g/mol. The van der Waals surface area contributed by atoms with Gasteiger partial charge >= 0.3 is 0 Å². The molecule has 0 aromatic heterocycles. The van der Waals surface area contributed by atoms with Crippen LogP contribution in [0.2, 0.25) is 0 Å². The Balaban J connectivity index is 3.22. The minimum atomic E-state index is 0.579. The predicted molar refractivity (Wildman–Crippen MR) is 61.4 cm³/mol. The molecule has 3 nitrogen and oxygen atoms in total. The lowest BCUT2D eigenvalue weighted by Gasteiger charge is -2.20. The van der Waals surface area contributed by atoms with E-state index in [4.69, 9.17) is 10.5 Å². The fourth-order valence-corrected chi connectivity index (χ4v) is 1.27. The maximum atomic E-state index is 5.56. The minimum Gasteiger partial charge on any atom is -0.380 e. The lowest BCUT2D eigenvalue weighted by atomic mass is 10.2. The van der Waals surface area contributed by atoms with E-state index in [0.29, 0.717) is 5.92 Å². The molecule has 0 saturated heterocycles. The number of hydrogen-bond donors (Lipinski definition) is 1. The highest BCUT2D eigenvalue weighted by atomic mass is 16.5. The van der Waals surface area contributed by atoms with Crippen LogP contribution in [0.15, 0.2) is 0 Å².